The van der Waals surface area contributed by atoms with Crippen LogP contribution in [0.2, 0.25) is 0 Å². The minimum atomic E-state index is -1.24. The van der Waals surface area contributed by atoms with Crippen molar-refractivity contribution in [2.45, 2.75) is 0 Å². The van der Waals surface area contributed by atoms with Crippen molar-refractivity contribution in [3.05, 3.63) is 48.3 Å². The average molecular weight is 325 g/mol. The number of fused-ring (bicyclic) bond motifs is 1. The summed E-state index contributed by atoms with van der Waals surface area (Å²) in [6.07, 6.45) is 1.57. The first-order valence-electron chi connectivity index (χ1n) is 7.10. The van der Waals surface area contributed by atoms with Crippen molar-refractivity contribution in [2.24, 2.45) is 10.2 Å². The minimum Gasteiger partial charge on any atom is -0.504 e. The van der Waals surface area contributed by atoms with Gasteiger partial charge in [-0.2, -0.15) is 0 Å². The number of hydrogen-bond acceptors (Lipinski definition) is 6. The molecule has 0 saturated heterocycles. The summed E-state index contributed by atoms with van der Waals surface area (Å²) in [4.78, 5) is 17.2. The molecule has 0 atom stereocenters. The van der Waals surface area contributed by atoms with Crippen LogP contribution in [-0.4, -0.2) is 39.7 Å². The Kier molecular flexibility index (Phi) is 3.87. The van der Waals surface area contributed by atoms with Crippen molar-refractivity contribution in [3.8, 4) is 5.75 Å². The summed E-state index contributed by atoms with van der Waals surface area (Å²) in [6, 6.07) is 10.3. The van der Waals surface area contributed by atoms with Crippen LogP contribution in [0.1, 0.15) is 10.5 Å². The lowest BCUT2D eigenvalue weighted by atomic mass is 10.3. The quantitative estimate of drug-likeness (QED) is 0.717. The normalized spacial score (nSPS) is 11.2. The van der Waals surface area contributed by atoms with Gasteiger partial charge in [-0.3, -0.25) is 4.40 Å². The molecule has 0 aliphatic rings. The zero-order chi connectivity index (χ0) is 17.3. The van der Waals surface area contributed by atoms with Crippen LogP contribution in [0.4, 0.5) is 17.2 Å². The van der Waals surface area contributed by atoms with Crippen LogP contribution >= 0.6 is 0 Å². The van der Waals surface area contributed by atoms with E-state index >= 15 is 0 Å². The van der Waals surface area contributed by atoms with Crippen molar-refractivity contribution in [3.63, 3.8) is 0 Å². The number of imidazole rings is 1. The number of benzene rings is 1. The van der Waals surface area contributed by atoms with E-state index in [4.69, 9.17) is 0 Å². The standard InChI is InChI=1S/C16H15N5O3/c1-20(2)11-7-5-10(6-8-11)18-19-15-13(16(23)24)17-14-12(22)4-3-9-21(14)15/h3-9,22H,1-2H3,(H,23,24). The second-order valence-corrected chi connectivity index (χ2v) is 5.29. The monoisotopic (exact) mass is 325 g/mol. The number of carboxylic acid groups (broad SMARTS) is 1. The fraction of sp³-hybridized carbons (Fsp3) is 0.125. The number of pyridine rings is 1. The molecular weight excluding hydrogens is 310 g/mol. The van der Waals surface area contributed by atoms with Crippen LogP contribution < -0.4 is 4.90 Å². The lowest BCUT2D eigenvalue weighted by Gasteiger charge is -2.11. The van der Waals surface area contributed by atoms with Crippen molar-refractivity contribution in [1.82, 2.24) is 9.38 Å². The number of anilines is 1. The smallest absolute Gasteiger partial charge is 0.358 e. The first-order chi connectivity index (χ1) is 11.5. The molecule has 122 valence electrons. The maximum Gasteiger partial charge on any atom is 0.358 e. The second-order valence-electron chi connectivity index (χ2n) is 5.29. The highest BCUT2D eigenvalue weighted by Crippen LogP contribution is 2.28. The third-order valence-electron chi connectivity index (χ3n) is 3.43. The van der Waals surface area contributed by atoms with Gasteiger partial charge in [0, 0.05) is 26.0 Å². The van der Waals surface area contributed by atoms with Gasteiger partial charge in [-0.15, -0.1) is 10.2 Å². The number of rotatable bonds is 4. The summed E-state index contributed by atoms with van der Waals surface area (Å²) in [5.41, 5.74) is 1.43. The molecule has 1 aromatic carbocycles. The van der Waals surface area contributed by atoms with Gasteiger partial charge in [-0.25, -0.2) is 9.78 Å². The van der Waals surface area contributed by atoms with Crippen LogP contribution in [0, 0.1) is 0 Å². The van der Waals surface area contributed by atoms with E-state index < -0.39 is 5.97 Å². The molecule has 8 heteroatoms. The van der Waals surface area contributed by atoms with Crippen LogP contribution in [0.3, 0.4) is 0 Å². The second kappa shape index (κ2) is 5.99. The maximum atomic E-state index is 11.4. The SMILES string of the molecule is CN(C)c1ccc(N=Nc2c(C(=O)O)nc3c(O)cccn23)cc1. The molecule has 3 aromatic rings. The van der Waals surface area contributed by atoms with E-state index in [1.807, 2.05) is 31.1 Å². The van der Waals surface area contributed by atoms with Gasteiger partial charge < -0.3 is 15.1 Å². The molecule has 3 rings (SSSR count). The Bertz CT molecular complexity index is 929. The molecule has 2 N–H and O–H groups in total. The molecule has 24 heavy (non-hydrogen) atoms. The van der Waals surface area contributed by atoms with E-state index in [9.17, 15) is 15.0 Å². The Labute approximate surface area is 137 Å². The Morgan fingerprint density at radius 1 is 1.17 bits per heavy atom. The summed E-state index contributed by atoms with van der Waals surface area (Å²) in [5.74, 6) is -1.32. The average Bonchev–Trinajstić information content (AvgIpc) is 2.93. The first kappa shape index (κ1) is 15.5. The number of aromatic hydroxyl groups is 1. The van der Waals surface area contributed by atoms with Gasteiger partial charge in [0.25, 0.3) is 0 Å². The number of nitrogens with zero attached hydrogens (tertiary/aromatic N) is 5. The van der Waals surface area contributed by atoms with Crippen molar-refractivity contribution < 1.29 is 15.0 Å². The summed E-state index contributed by atoms with van der Waals surface area (Å²) in [7, 11) is 3.86. The van der Waals surface area contributed by atoms with Gasteiger partial charge in [0.05, 0.1) is 5.69 Å². The Hall–Kier alpha value is -3.42. The van der Waals surface area contributed by atoms with E-state index in [2.05, 4.69) is 15.2 Å². The summed E-state index contributed by atoms with van der Waals surface area (Å²) in [5, 5.41) is 27.2. The van der Waals surface area contributed by atoms with Crippen molar-refractivity contribution >= 4 is 28.8 Å². The topological polar surface area (TPSA) is 103 Å². The number of azo groups is 1. The van der Waals surface area contributed by atoms with E-state index in [0.717, 1.165) is 5.69 Å². The third-order valence-corrected chi connectivity index (χ3v) is 3.43. The molecular formula is C16H15N5O3. The highest BCUT2D eigenvalue weighted by molar-refractivity contribution is 5.92. The summed E-state index contributed by atoms with van der Waals surface area (Å²) in [6.45, 7) is 0. The zero-order valence-electron chi connectivity index (χ0n) is 13.1. The molecule has 0 saturated carbocycles. The highest BCUT2D eigenvalue weighted by atomic mass is 16.4. The van der Waals surface area contributed by atoms with Gasteiger partial charge in [0.1, 0.15) is 0 Å². The lowest BCUT2D eigenvalue weighted by Crippen LogP contribution is -2.07. The van der Waals surface area contributed by atoms with E-state index in [1.54, 1.807) is 24.4 Å². The van der Waals surface area contributed by atoms with Gasteiger partial charge in [-0.05, 0) is 36.4 Å². The van der Waals surface area contributed by atoms with Crippen LogP contribution in [0.25, 0.3) is 5.65 Å². The predicted molar refractivity (Wildman–Crippen MR) is 88.8 cm³/mol. The van der Waals surface area contributed by atoms with Gasteiger partial charge in [-0.1, -0.05) is 0 Å². The van der Waals surface area contributed by atoms with Gasteiger partial charge >= 0.3 is 5.97 Å². The van der Waals surface area contributed by atoms with Crippen LogP contribution in [0.15, 0.2) is 52.8 Å². The number of carbonyl (C=O) groups is 1. The minimum absolute atomic E-state index is 0.0464. The fourth-order valence-corrected chi connectivity index (χ4v) is 2.20. The van der Waals surface area contributed by atoms with Crippen molar-refractivity contribution in [2.75, 3.05) is 19.0 Å². The molecule has 0 spiro atoms. The Morgan fingerprint density at radius 3 is 2.50 bits per heavy atom. The molecule has 0 bridgehead atoms. The molecule has 2 aromatic heterocycles. The molecule has 2 heterocycles. The number of aromatic carboxylic acids is 1. The van der Waals surface area contributed by atoms with E-state index in [0.29, 0.717) is 5.69 Å². The number of hydrogen-bond donors (Lipinski definition) is 2. The Morgan fingerprint density at radius 2 is 1.88 bits per heavy atom. The highest BCUT2D eigenvalue weighted by Gasteiger charge is 2.19. The molecule has 0 amide bonds. The number of carboxylic acids is 1. The lowest BCUT2D eigenvalue weighted by molar-refractivity contribution is 0.0692. The van der Waals surface area contributed by atoms with Gasteiger partial charge in [0.2, 0.25) is 0 Å². The molecule has 8 nitrogen and oxygen atoms in total. The number of aromatic nitrogens is 2. The van der Waals surface area contributed by atoms with E-state index in [1.165, 1.54) is 10.5 Å². The zero-order valence-corrected chi connectivity index (χ0v) is 13.1. The summed E-state index contributed by atoms with van der Waals surface area (Å²) < 4.78 is 1.39. The molecule has 0 fully saturated rings. The van der Waals surface area contributed by atoms with E-state index in [-0.39, 0.29) is 22.9 Å². The van der Waals surface area contributed by atoms with Crippen LogP contribution in [-0.2, 0) is 0 Å². The third kappa shape index (κ3) is 2.76. The largest absolute Gasteiger partial charge is 0.504 e. The fourth-order valence-electron chi connectivity index (χ4n) is 2.20. The predicted octanol–water partition coefficient (Wildman–Crippen LogP) is 3.22. The maximum absolute atomic E-state index is 11.4. The first-order valence-corrected chi connectivity index (χ1v) is 7.10. The Balaban J connectivity index is 2.04. The summed E-state index contributed by atoms with van der Waals surface area (Å²) >= 11 is 0. The molecule has 0 aliphatic carbocycles. The molecule has 0 aliphatic heterocycles. The van der Waals surface area contributed by atoms with Gasteiger partial charge in [0.15, 0.2) is 22.9 Å². The van der Waals surface area contributed by atoms with Crippen molar-refractivity contribution in [1.29, 1.82) is 0 Å². The van der Waals surface area contributed by atoms with Crippen LogP contribution in [0.5, 0.6) is 5.75 Å². The molecule has 0 unspecified atom stereocenters. The molecule has 0 radical (unpaired) electrons.